The third kappa shape index (κ3) is 5.85. The van der Waals surface area contributed by atoms with E-state index in [1.807, 2.05) is 0 Å². The highest BCUT2D eigenvalue weighted by Gasteiger charge is 2.43. The van der Waals surface area contributed by atoms with Crippen LogP contribution in [0.2, 0.25) is 0 Å². The second kappa shape index (κ2) is 13.8. The first-order chi connectivity index (χ1) is 23.0. The average Bonchev–Trinajstić information content (AvgIpc) is 3.16. The van der Waals surface area contributed by atoms with E-state index in [1.165, 1.54) is 53.5 Å². The van der Waals surface area contributed by atoms with Gasteiger partial charge in [0, 0.05) is 11.1 Å². The van der Waals surface area contributed by atoms with Crippen molar-refractivity contribution < 1.29 is 0 Å². The number of hydrogen-bond acceptors (Lipinski definition) is 2. The average molecular weight is 696 g/mol. The summed E-state index contributed by atoms with van der Waals surface area (Å²) >= 11 is 14.4. The number of benzene rings is 6. The maximum absolute atomic E-state index is 7.18. The molecule has 1 aromatic heterocycles. The third-order valence-corrected chi connectivity index (χ3v) is 24.2. The van der Waals surface area contributed by atoms with Gasteiger partial charge in [0.25, 0.3) is 0 Å². The van der Waals surface area contributed by atoms with Crippen molar-refractivity contribution in [3.63, 3.8) is 0 Å². The summed E-state index contributed by atoms with van der Waals surface area (Å²) in [5.41, 5.74) is 4.86. The molecule has 228 valence electrons. The van der Waals surface area contributed by atoms with Gasteiger partial charge in [-0.1, -0.05) is 206 Å². The van der Waals surface area contributed by atoms with Crippen molar-refractivity contribution in [2.24, 2.45) is 6.66 Å². The number of hydrogen-bond donors (Lipinski definition) is 0. The van der Waals surface area contributed by atoms with E-state index in [4.69, 9.17) is 23.6 Å². The zero-order valence-electron chi connectivity index (χ0n) is 26.1. The van der Waals surface area contributed by atoms with Gasteiger partial charge in [-0.2, -0.15) is 0 Å². The van der Waals surface area contributed by atoms with Gasteiger partial charge < -0.3 is 0 Å². The molecule has 1 heterocycles. The van der Waals surface area contributed by atoms with Crippen LogP contribution in [-0.2, 0) is 30.3 Å². The summed E-state index contributed by atoms with van der Waals surface area (Å²) in [6.45, 7) is 2.44. The first kappa shape index (κ1) is 31.8. The van der Waals surface area contributed by atoms with Crippen molar-refractivity contribution in [2.75, 3.05) is 0 Å². The molecule has 0 unspecified atom stereocenters. The molecule has 0 spiro atoms. The highest BCUT2D eigenvalue weighted by molar-refractivity contribution is 8.30. The third-order valence-electron chi connectivity index (χ3n) is 8.65. The highest BCUT2D eigenvalue weighted by Crippen LogP contribution is 2.57. The van der Waals surface area contributed by atoms with E-state index < -0.39 is 19.6 Å². The van der Waals surface area contributed by atoms with Crippen LogP contribution in [0.3, 0.4) is 0 Å². The fraction of sp³-hybridized carbons (Fsp3) is 0.0238. The quantitative estimate of drug-likeness (QED) is 0.145. The SMILES string of the molecule is C[p+]1c(P(=S)(c2ccccc2)c2ccccc2)c(-c2ccccc2)cc(-c2ccccc2)c1P(=S)(c1ccccc1)c1ccccc1. The van der Waals surface area contributed by atoms with E-state index in [0.717, 1.165) is 0 Å². The van der Waals surface area contributed by atoms with Crippen LogP contribution in [0.4, 0.5) is 0 Å². The van der Waals surface area contributed by atoms with Crippen LogP contribution in [0, 0.1) is 0 Å². The summed E-state index contributed by atoms with van der Waals surface area (Å²) in [4.78, 5) is 0. The summed E-state index contributed by atoms with van der Waals surface area (Å²) in [6, 6.07) is 62.5. The van der Waals surface area contributed by atoms with Gasteiger partial charge in [0.1, 0.15) is 14.2 Å². The molecule has 7 aromatic rings. The van der Waals surface area contributed by atoms with Crippen molar-refractivity contribution in [2.45, 2.75) is 0 Å². The molecule has 6 aromatic carbocycles. The molecular weight excluding hydrogens is 662 g/mol. The molecule has 0 bridgehead atoms. The fourth-order valence-corrected chi connectivity index (χ4v) is 22.7. The molecule has 7 rings (SSSR count). The number of rotatable bonds is 8. The maximum atomic E-state index is 7.18. The minimum absolute atomic E-state index is 0.996. The van der Waals surface area contributed by atoms with E-state index in [0.29, 0.717) is 0 Å². The molecule has 0 N–H and O–H groups in total. The Balaban J connectivity index is 1.72. The minimum atomic E-state index is -2.54. The lowest BCUT2D eigenvalue weighted by molar-refractivity contribution is 1.64. The molecule has 5 heteroatoms. The smallest absolute Gasteiger partial charge is 0.0784 e. The zero-order valence-corrected chi connectivity index (χ0v) is 30.4. The standard InChI is InChI=1S/C42H34P3S2/c1-43-41(44(46,35-24-12-4-13-25-35)36-26-14-5-15-27-36)39(33-20-8-2-9-21-33)32-40(34-22-10-3-11-23-34)42(43)45(47,37-28-16-6-17-29-37)38-30-18-7-19-31-38/h2-32H,1H3/q+1. The van der Waals surface area contributed by atoms with Crippen LogP contribution in [0.1, 0.15) is 0 Å². The van der Waals surface area contributed by atoms with E-state index in [-0.39, 0.29) is 0 Å². The lowest BCUT2D eigenvalue weighted by atomic mass is 10.0. The van der Waals surface area contributed by atoms with E-state index in [9.17, 15) is 0 Å². The van der Waals surface area contributed by atoms with Crippen molar-refractivity contribution in [1.82, 2.24) is 0 Å². The molecule has 47 heavy (non-hydrogen) atoms. The molecule has 0 nitrogen and oxygen atoms in total. The predicted molar refractivity (Wildman–Crippen MR) is 218 cm³/mol. The van der Waals surface area contributed by atoms with Gasteiger partial charge >= 0.3 is 0 Å². The van der Waals surface area contributed by atoms with Crippen LogP contribution < -0.4 is 31.3 Å². The van der Waals surface area contributed by atoms with Crippen LogP contribution in [0.5, 0.6) is 0 Å². The molecule has 0 aliphatic rings. The van der Waals surface area contributed by atoms with Crippen LogP contribution >= 0.6 is 19.6 Å². The van der Waals surface area contributed by atoms with Gasteiger partial charge in [-0.05, 0) is 38.4 Å². The van der Waals surface area contributed by atoms with Crippen molar-refractivity contribution in [3.05, 3.63) is 188 Å². The lowest BCUT2D eigenvalue weighted by Gasteiger charge is -2.28. The Kier molecular flexibility index (Phi) is 9.34. The Morgan fingerprint density at radius 1 is 0.362 bits per heavy atom. The van der Waals surface area contributed by atoms with Crippen LogP contribution in [-0.4, -0.2) is 0 Å². The Morgan fingerprint density at radius 3 is 0.851 bits per heavy atom. The Hall–Kier alpha value is -3.73. The maximum Gasteiger partial charge on any atom is 0.173 e. The molecule has 0 aliphatic heterocycles. The van der Waals surface area contributed by atoms with E-state index in [1.54, 1.807) is 0 Å². The van der Waals surface area contributed by atoms with E-state index >= 15 is 0 Å². The Bertz CT molecular complexity index is 1980. The van der Waals surface area contributed by atoms with Gasteiger partial charge in [-0.15, -0.1) is 0 Å². The predicted octanol–water partition coefficient (Wildman–Crippen LogP) is 9.34. The molecule has 0 aliphatic carbocycles. The summed E-state index contributed by atoms with van der Waals surface area (Å²) in [5, 5.41) is 7.57. The van der Waals surface area contributed by atoms with Crippen molar-refractivity contribution in [3.8, 4) is 22.3 Å². The van der Waals surface area contributed by atoms with Crippen molar-refractivity contribution in [1.29, 1.82) is 0 Å². The normalized spacial score (nSPS) is 11.7. The van der Waals surface area contributed by atoms with Gasteiger partial charge in [-0.25, -0.2) is 0 Å². The summed E-state index contributed by atoms with van der Waals surface area (Å²) in [6.07, 6.45) is 0. The summed E-state index contributed by atoms with van der Waals surface area (Å²) < 4.78 is 0. The fourth-order valence-electron chi connectivity index (χ4n) is 6.50. The Morgan fingerprint density at radius 2 is 0.596 bits per heavy atom. The second-order valence-electron chi connectivity index (χ2n) is 11.5. The molecular formula is C42H34P3S2+. The molecule has 0 atom stereocenters. The highest BCUT2D eigenvalue weighted by atomic mass is 32.4. The summed E-state index contributed by atoms with van der Waals surface area (Å²) in [7, 11) is -0.996. The topological polar surface area (TPSA) is 0 Å². The molecule has 0 saturated heterocycles. The molecule has 0 radical (unpaired) electrons. The Labute approximate surface area is 289 Å². The zero-order chi connectivity index (χ0) is 32.3. The van der Waals surface area contributed by atoms with Gasteiger partial charge in [0.2, 0.25) is 0 Å². The first-order valence-electron chi connectivity index (χ1n) is 15.6. The van der Waals surface area contributed by atoms with Gasteiger partial charge in [0.15, 0.2) is 10.1 Å². The molecule has 0 amide bonds. The lowest BCUT2D eigenvalue weighted by Crippen LogP contribution is -2.31. The van der Waals surface area contributed by atoms with E-state index in [2.05, 4.69) is 195 Å². The molecule has 0 saturated carbocycles. The van der Waals surface area contributed by atoms with Gasteiger partial charge in [-0.3, -0.25) is 0 Å². The van der Waals surface area contributed by atoms with Crippen molar-refractivity contribution >= 4 is 74.5 Å². The molecule has 0 fully saturated rings. The first-order valence-corrected chi connectivity index (χ1v) is 23.0. The monoisotopic (exact) mass is 695 g/mol. The van der Waals surface area contributed by atoms with Crippen LogP contribution in [0.25, 0.3) is 22.3 Å². The largest absolute Gasteiger partial charge is 0.173 e. The van der Waals surface area contributed by atoms with Gasteiger partial charge in [0.05, 0.1) is 12.1 Å². The summed E-state index contributed by atoms with van der Waals surface area (Å²) in [5.74, 6) is 0. The minimum Gasteiger partial charge on any atom is -0.0784 e. The second-order valence-corrected chi connectivity index (χ2v) is 22.9. The van der Waals surface area contributed by atoms with Crippen LogP contribution in [0.15, 0.2) is 188 Å².